The normalized spacial score (nSPS) is 23.1. The Balaban J connectivity index is 2.05. The number of allylic oxidation sites excluding steroid dienone is 2. The number of hydrogen-bond acceptors (Lipinski definition) is 3. The zero-order valence-electron chi connectivity index (χ0n) is 8.08. The third-order valence-electron chi connectivity index (χ3n) is 2.62. The molecule has 1 aliphatic heterocycles. The summed E-state index contributed by atoms with van der Waals surface area (Å²) in [6, 6.07) is 0. The van der Waals surface area contributed by atoms with Gasteiger partial charge >= 0.3 is 0 Å². The van der Waals surface area contributed by atoms with Gasteiger partial charge in [-0.1, -0.05) is 0 Å². The lowest BCUT2D eigenvalue weighted by atomic mass is 10.3. The van der Waals surface area contributed by atoms with Gasteiger partial charge in [-0.15, -0.1) is 0 Å². The molecule has 0 atom stereocenters. The lowest BCUT2D eigenvalue weighted by molar-refractivity contribution is -0.121. The van der Waals surface area contributed by atoms with Crippen LogP contribution in [0.5, 0.6) is 0 Å². The van der Waals surface area contributed by atoms with E-state index in [-0.39, 0.29) is 11.7 Å². The van der Waals surface area contributed by atoms with Crippen molar-refractivity contribution in [2.75, 3.05) is 19.6 Å². The molecule has 0 saturated carbocycles. The highest BCUT2D eigenvalue weighted by atomic mass is 16.2. The van der Waals surface area contributed by atoms with Gasteiger partial charge in [0.15, 0.2) is 5.78 Å². The zero-order valence-corrected chi connectivity index (χ0v) is 8.08. The number of hydrogen-bond donors (Lipinski definition) is 1. The first-order chi connectivity index (χ1) is 6.75. The number of amides is 1. The molecule has 2 rings (SSSR count). The maximum atomic E-state index is 11.3. The van der Waals surface area contributed by atoms with Crippen LogP contribution in [0, 0.1) is 0 Å². The van der Waals surface area contributed by atoms with Crippen LogP contribution in [0.15, 0.2) is 11.8 Å². The van der Waals surface area contributed by atoms with Crippen LogP contribution in [0.3, 0.4) is 0 Å². The summed E-state index contributed by atoms with van der Waals surface area (Å²) in [6.45, 7) is 2.02. The van der Waals surface area contributed by atoms with Gasteiger partial charge in [0.1, 0.15) is 0 Å². The van der Waals surface area contributed by atoms with E-state index in [1.54, 1.807) is 6.08 Å². The zero-order chi connectivity index (χ0) is 9.97. The second-order valence-electron chi connectivity index (χ2n) is 3.73. The summed E-state index contributed by atoms with van der Waals surface area (Å²) < 4.78 is 0. The Hall–Kier alpha value is -1.32. The van der Waals surface area contributed by atoms with Crippen molar-refractivity contribution in [2.45, 2.75) is 19.3 Å². The summed E-state index contributed by atoms with van der Waals surface area (Å²) in [7, 11) is 0. The first-order valence-electron chi connectivity index (χ1n) is 5.01. The van der Waals surface area contributed by atoms with E-state index in [2.05, 4.69) is 5.32 Å². The summed E-state index contributed by atoms with van der Waals surface area (Å²) in [6.07, 6.45) is 4.04. The molecule has 1 amide bonds. The molecule has 1 N–H and O–H groups in total. The molecule has 0 radical (unpaired) electrons. The largest absolute Gasteiger partial charge is 0.365 e. The maximum Gasteiger partial charge on any atom is 0.239 e. The van der Waals surface area contributed by atoms with E-state index < -0.39 is 0 Å². The molecule has 1 saturated heterocycles. The smallest absolute Gasteiger partial charge is 0.239 e. The second kappa shape index (κ2) is 3.82. The fraction of sp³-hybridized carbons (Fsp3) is 0.600. The van der Waals surface area contributed by atoms with Crippen LogP contribution in [-0.2, 0) is 9.59 Å². The Labute approximate surface area is 83.0 Å². The van der Waals surface area contributed by atoms with Crippen molar-refractivity contribution in [3.05, 3.63) is 11.8 Å². The highest BCUT2D eigenvalue weighted by Gasteiger charge is 2.21. The highest BCUT2D eigenvalue weighted by molar-refractivity contribution is 5.93. The summed E-state index contributed by atoms with van der Waals surface area (Å²) in [5, 5.41) is 2.82. The van der Waals surface area contributed by atoms with Crippen molar-refractivity contribution in [1.29, 1.82) is 0 Å². The summed E-state index contributed by atoms with van der Waals surface area (Å²) in [5.74, 6) is 0.243. The SMILES string of the molecule is O=C1C=C(N2CCCNC(=O)C2)CC1. The maximum absolute atomic E-state index is 11.3. The van der Waals surface area contributed by atoms with Gasteiger partial charge in [-0.2, -0.15) is 0 Å². The van der Waals surface area contributed by atoms with Crippen LogP contribution in [0.4, 0.5) is 0 Å². The van der Waals surface area contributed by atoms with Gasteiger partial charge in [0.25, 0.3) is 0 Å². The Morgan fingerprint density at radius 1 is 1.29 bits per heavy atom. The minimum absolute atomic E-state index is 0.0581. The summed E-state index contributed by atoms with van der Waals surface area (Å²) in [5.41, 5.74) is 1.03. The molecule has 0 unspecified atom stereocenters. The van der Waals surface area contributed by atoms with Crippen LogP contribution in [0.1, 0.15) is 19.3 Å². The third kappa shape index (κ3) is 1.95. The van der Waals surface area contributed by atoms with Crippen molar-refractivity contribution in [3.8, 4) is 0 Å². The van der Waals surface area contributed by atoms with E-state index in [0.29, 0.717) is 13.0 Å². The van der Waals surface area contributed by atoms with E-state index in [9.17, 15) is 9.59 Å². The number of carbonyl (C=O) groups is 2. The van der Waals surface area contributed by atoms with Crippen LogP contribution in [0.2, 0.25) is 0 Å². The molecule has 0 aromatic heterocycles. The molecule has 0 bridgehead atoms. The number of rotatable bonds is 1. The molecule has 1 heterocycles. The lowest BCUT2D eigenvalue weighted by Gasteiger charge is -2.21. The van der Waals surface area contributed by atoms with Crippen molar-refractivity contribution in [3.63, 3.8) is 0 Å². The van der Waals surface area contributed by atoms with E-state index >= 15 is 0 Å². The minimum atomic E-state index is 0.0581. The molecule has 2 aliphatic rings. The third-order valence-corrected chi connectivity index (χ3v) is 2.62. The number of carbonyl (C=O) groups excluding carboxylic acids is 2. The molecule has 0 aromatic rings. The predicted molar refractivity (Wildman–Crippen MR) is 51.5 cm³/mol. The van der Waals surface area contributed by atoms with E-state index in [0.717, 1.165) is 31.6 Å². The quantitative estimate of drug-likeness (QED) is 0.642. The van der Waals surface area contributed by atoms with Gasteiger partial charge in [0.05, 0.1) is 6.54 Å². The van der Waals surface area contributed by atoms with Crippen LogP contribution in [0.25, 0.3) is 0 Å². The highest BCUT2D eigenvalue weighted by Crippen LogP contribution is 2.19. The molecule has 1 fully saturated rings. The van der Waals surface area contributed by atoms with E-state index in [1.807, 2.05) is 4.90 Å². The van der Waals surface area contributed by atoms with Gasteiger partial charge in [-0.05, 0) is 12.8 Å². The van der Waals surface area contributed by atoms with Crippen molar-refractivity contribution >= 4 is 11.7 Å². The lowest BCUT2D eigenvalue weighted by Crippen LogP contribution is -2.32. The fourth-order valence-electron chi connectivity index (χ4n) is 1.88. The summed E-state index contributed by atoms with van der Waals surface area (Å²) in [4.78, 5) is 24.3. The summed E-state index contributed by atoms with van der Waals surface area (Å²) >= 11 is 0. The molecule has 4 nitrogen and oxygen atoms in total. The monoisotopic (exact) mass is 194 g/mol. The Bertz CT molecular complexity index is 296. The average molecular weight is 194 g/mol. The average Bonchev–Trinajstić information content (AvgIpc) is 2.45. The van der Waals surface area contributed by atoms with E-state index in [4.69, 9.17) is 0 Å². The van der Waals surface area contributed by atoms with Gasteiger partial charge in [0.2, 0.25) is 5.91 Å². The number of nitrogens with zero attached hydrogens (tertiary/aromatic N) is 1. The molecule has 1 aliphatic carbocycles. The molecule has 4 heteroatoms. The van der Waals surface area contributed by atoms with Gasteiger partial charge in [-0.3, -0.25) is 9.59 Å². The van der Waals surface area contributed by atoms with Crippen LogP contribution >= 0.6 is 0 Å². The number of ketones is 1. The van der Waals surface area contributed by atoms with Crippen LogP contribution < -0.4 is 5.32 Å². The molecule has 14 heavy (non-hydrogen) atoms. The molecule has 0 spiro atoms. The van der Waals surface area contributed by atoms with Crippen LogP contribution in [-0.4, -0.2) is 36.2 Å². The molecule has 76 valence electrons. The molecular formula is C10H14N2O2. The Kier molecular flexibility index (Phi) is 2.52. The van der Waals surface area contributed by atoms with Gasteiger partial charge < -0.3 is 10.2 Å². The Morgan fingerprint density at radius 3 is 2.86 bits per heavy atom. The van der Waals surface area contributed by atoms with E-state index in [1.165, 1.54) is 0 Å². The first-order valence-corrected chi connectivity index (χ1v) is 5.01. The second-order valence-corrected chi connectivity index (χ2v) is 3.73. The van der Waals surface area contributed by atoms with Gasteiger partial charge in [0, 0.05) is 31.3 Å². The fourth-order valence-corrected chi connectivity index (χ4v) is 1.88. The predicted octanol–water partition coefficient (Wildman–Crippen LogP) is 0.0551. The van der Waals surface area contributed by atoms with Gasteiger partial charge in [-0.25, -0.2) is 0 Å². The molecular weight excluding hydrogens is 180 g/mol. The number of nitrogens with one attached hydrogen (secondary N) is 1. The molecule has 0 aromatic carbocycles. The standard InChI is InChI=1S/C10H14N2O2/c13-9-3-2-8(6-9)12-5-1-4-11-10(14)7-12/h6H,1-5,7H2,(H,11,14). The van der Waals surface area contributed by atoms with Crippen molar-refractivity contribution in [2.24, 2.45) is 0 Å². The van der Waals surface area contributed by atoms with Crippen molar-refractivity contribution < 1.29 is 9.59 Å². The van der Waals surface area contributed by atoms with Crippen molar-refractivity contribution in [1.82, 2.24) is 10.2 Å². The Morgan fingerprint density at radius 2 is 2.14 bits per heavy atom. The topological polar surface area (TPSA) is 49.4 Å². The minimum Gasteiger partial charge on any atom is -0.365 e. The first kappa shape index (κ1) is 9.24.